The van der Waals surface area contributed by atoms with Gasteiger partial charge in [-0.2, -0.15) is 0 Å². The maximum absolute atomic E-state index is 10.9. The van der Waals surface area contributed by atoms with Crippen LogP contribution >= 0.6 is 0 Å². The molecular weight excluding hydrogens is 989 g/mol. The number of piperidine rings is 2. The number of pyridine rings is 2. The van der Waals surface area contributed by atoms with Gasteiger partial charge >= 0.3 is 0 Å². The van der Waals surface area contributed by atoms with Crippen molar-refractivity contribution in [2.75, 3.05) is 83.5 Å². The minimum Gasteiger partial charge on any atom is -0.507 e. The molecule has 404 valence electrons. The van der Waals surface area contributed by atoms with Crippen LogP contribution in [0.4, 0.5) is 34.4 Å². The third kappa shape index (κ3) is 9.35. The third-order valence-corrected chi connectivity index (χ3v) is 18.9. The van der Waals surface area contributed by atoms with Crippen molar-refractivity contribution in [2.45, 2.75) is 113 Å². The summed E-state index contributed by atoms with van der Waals surface area (Å²) in [6.07, 6.45) is 15.2. The molecular formula is C62H68N14O3. The minimum atomic E-state index is -0.0707. The highest BCUT2D eigenvalue weighted by atomic mass is 16.5. The van der Waals surface area contributed by atoms with Gasteiger partial charge in [0.05, 0.1) is 42.5 Å². The number of anilines is 6. The number of nitrogens with zero attached hydrogens (tertiary/aromatic N) is 12. The van der Waals surface area contributed by atoms with Crippen LogP contribution in [0, 0.1) is 35.5 Å². The highest BCUT2D eigenvalue weighted by Crippen LogP contribution is 2.47. The van der Waals surface area contributed by atoms with Gasteiger partial charge in [-0.05, 0) is 143 Å². The summed E-state index contributed by atoms with van der Waals surface area (Å²) in [5, 5.41) is 39.2. The van der Waals surface area contributed by atoms with Gasteiger partial charge in [0, 0.05) is 116 Å². The summed E-state index contributed by atoms with van der Waals surface area (Å²) < 4.78 is 6.96. The zero-order valence-electron chi connectivity index (χ0n) is 44.6. The van der Waals surface area contributed by atoms with E-state index >= 15 is 0 Å². The molecule has 10 atom stereocenters. The van der Waals surface area contributed by atoms with Crippen LogP contribution in [-0.2, 0) is 0 Å². The van der Waals surface area contributed by atoms with Gasteiger partial charge in [-0.25, -0.2) is 9.97 Å². The smallest absolute Gasteiger partial charge is 0.169 e. The summed E-state index contributed by atoms with van der Waals surface area (Å²) in [7, 11) is 0. The predicted molar refractivity (Wildman–Crippen MR) is 306 cm³/mol. The van der Waals surface area contributed by atoms with E-state index in [1.165, 1.54) is 31.4 Å². The molecule has 6 aromatic rings. The average Bonchev–Trinajstić information content (AvgIpc) is 4.39. The van der Waals surface area contributed by atoms with E-state index in [1.54, 1.807) is 12.1 Å². The minimum absolute atomic E-state index is 0.0298. The summed E-state index contributed by atoms with van der Waals surface area (Å²) in [5.41, 5.74) is 21.5. The first-order chi connectivity index (χ1) is 38.8. The normalized spacial score (nSPS) is 27.7. The number of aromatic nitrogens is 6. The molecule has 6 aliphatic heterocycles. The molecule has 0 amide bonds. The average molecular weight is 1060 g/mol. The quantitative estimate of drug-likeness (QED) is 0.103. The summed E-state index contributed by atoms with van der Waals surface area (Å²) in [5.74, 6) is 16.5. The Hall–Kier alpha value is -7.70. The second kappa shape index (κ2) is 20.8. The number of ether oxygens (including phenoxy) is 1. The highest BCUT2D eigenvalue weighted by Gasteiger charge is 2.52. The Labute approximate surface area is 462 Å². The van der Waals surface area contributed by atoms with E-state index in [0.29, 0.717) is 41.5 Å². The number of hydrogen-bond acceptors (Lipinski definition) is 17. The summed E-state index contributed by atoms with van der Waals surface area (Å²) in [6, 6.07) is 29.9. The van der Waals surface area contributed by atoms with Crippen molar-refractivity contribution in [3.05, 3.63) is 109 Å². The van der Waals surface area contributed by atoms with Gasteiger partial charge in [0.1, 0.15) is 29.0 Å². The van der Waals surface area contributed by atoms with Crippen LogP contribution in [0.1, 0.15) is 75.6 Å². The van der Waals surface area contributed by atoms with Crippen molar-refractivity contribution in [3.63, 3.8) is 0 Å². The Morgan fingerprint density at radius 3 is 1.78 bits per heavy atom. The second-order valence-electron chi connectivity index (χ2n) is 23.2. The predicted octanol–water partition coefficient (Wildman–Crippen LogP) is 6.46. The zero-order chi connectivity index (χ0) is 53.1. The van der Waals surface area contributed by atoms with Crippen molar-refractivity contribution >= 4 is 34.4 Å². The zero-order valence-corrected chi connectivity index (χ0v) is 44.6. The van der Waals surface area contributed by atoms with Gasteiger partial charge in [0.15, 0.2) is 11.6 Å². The number of nitrogens with two attached hydrogens (primary N) is 2. The van der Waals surface area contributed by atoms with Crippen molar-refractivity contribution < 1.29 is 14.9 Å². The number of likely N-dealkylation sites (tertiary alicyclic amines) is 2. The summed E-state index contributed by atoms with van der Waals surface area (Å²) >= 11 is 0. The van der Waals surface area contributed by atoms with Gasteiger partial charge in [-0.3, -0.25) is 9.80 Å². The fraction of sp³-hybridized carbons (Fsp3) is 0.452. The largest absolute Gasteiger partial charge is 0.507 e. The first-order valence-electron chi connectivity index (χ1n) is 28.7. The molecule has 6 N–H and O–H groups in total. The van der Waals surface area contributed by atoms with Crippen LogP contribution in [0.5, 0.6) is 11.5 Å². The van der Waals surface area contributed by atoms with Crippen LogP contribution in [0.15, 0.2) is 97.3 Å². The number of benzene rings is 2. The number of phenols is 1. The number of aliphatic hydroxyl groups excluding tert-OH is 1. The van der Waals surface area contributed by atoms with Crippen molar-refractivity contribution in [1.29, 1.82) is 0 Å². The molecule has 2 saturated carbocycles. The molecule has 17 nitrogen and oxygen atoms in total. The Bertz CT molecular complexity index is 3370. The van der Waals surface area contributed by atoms with E-state index in [1.807, 2.05) is 48.8 Å². The number of phenolic OH excluding ortho intramolecular Hbond substituents is 1. The second-order valence-corrected chi connectivity index (χ2v) is 23.2. The number of aliphatic hydroxyl groups is 1. The number of fused-ring (bicyclic) bond motifs is 7. The van der Waals surface area contributed by atoms with E-state index in [-0.39, 0.29) is 48.5 Å². The molecule has 6 saturated heterocycles. The lowest BCUT2D eigenvalue weighted by Crippen LogP contribution is -2.54. The third-order valence-electron chi connectivity index (χ3n) is 18.9. The molecule has 8 fully saturated rings. The molecule has 79 heavy (non-hydrogen) atoms. The van der Waals surface area contributed by atoms with Gasteiger partial charge in [0.25, 0.3) is 0 Å². The fourth-order valence-corrected chi connectivity index (χ4v) is 15.1. The van der Waals surface area contributed by atoms with E-state index in [2.05, 4.69) is 120 Å². The Morgan fingerprint density at radius 1 is 0.608 bits per heavy atom. The Morgan fingerprint density at radius 2 is 1.19 bits per heavy atom. The van der Waals surface area contributed by atoms with Gasteiger partial charge < -0.3 is 46.0 Å². The molecule has 8 unspecified atom stereocenters. The lowest BCUT2D eigenvalue weighted by Gasteiger charge is -2.47. The molecule has 10 heterocycles. The standard InChI is InChI=1S/C62H68N14O3/c63-61-55(32-52(67-69-61)49-11-1-3-13-58(49)78)72-34-44-16-17-45(35-72)76(44)43-22-24-66-41(29-43)10-7-27-74-48-30-51(57(74)38-77)60(31-48)79-59-14-4-2-12-50(59)53-33-56(62(64)70-68-53)73-36-46-18-19-47(37-73)75(46)42-21-23-65-40(28-42)9-6-26-71-25-5-8-39-15-20-54(39)71/h1-4,11-14,21-24,28-29,32-33,39,44-48,51,54,57,60,77-78H,5,8,15-20,25-27,30-31,34-38H2,(H2,63,69)(H2,64,70)/t39-,44?,45?,46?,47?,48?,51?,54+,57?,60?/m1/s1. The van der Waals surface area contributed by atoms with E-state index in [0.717, 1.165) is 135 Å². The van der Waals surface area contributed by atoms with Crippen molar-refractivity contribution in [1.82, 2.24) is 40.2 Å². The number of rotatable bonds is 11. The number of hydrogen-bond donors (Lipinski definition) is 4. The van der Waals surface area contributed by atoms with Crippen LogP contribution < -0.4 is 35.8 Å². The number of piperazine rings is 2. The SMILES string of the molecule is Nc1nnc(-c2ccccc2O)cc1N1CC2CCC(C1)N2c1ccnc(C#CCN2C3CC(Oc4ccccc4-c4cc(N5CC6CCC(C5)N6c5ccnc(C#CCN6CCC[C@@H]7CC[C@@H]76)c5)c(N)nn4)C(C3)C2CO)c1. The van der Waals surface area contributed by atoms with Crippen LogP contribution in [0.3, 0.4) is 0 Å². The van der Waals surface area contributed by atoms with Gasteiger partial charge in [0.2, 0.25) is 0 Å². The van der Waals surface area contributed by atoms with E-state index in [9.17, 15) is 10.2 Å². The molecule has 0 spiro atoms. The molecule has 14 rings (SSSR count). The molecule has 2 aromatic carbocycles. The van der Waals surface area contributed by atoms with Gasteiger partial charge in [-0.1, -0.05) is 36.1 Å². The van der Waals surface area contributed by atoms with Crippen LogP contribution in [-0.4, -0.2) is 151 Å². The maximum Gasteiger partial charge on any atom is 0.169 e. The highest BCUT2D eigenvalue weighted by molar-refractivity contribution is 5.76. The van der Waals surface area contributed by atoms with Crippen LogP contribution in [0.25, 0.3) is 22.5 Å². The van der Waals surface area contributed by atoms with E-state index < -0.39 is 0 Å². The monoisotopic (exact) mass is 1060 g/mol. The lowest BCUT2D eigenvalue weighted by molar-refractivity contribution is 0.0275. The summed E-state index contributed by atoms with van der Waals surface area (Å²) in [6.45, 7) is 5.78. The molecule has 2 aliphatic carbocycles. The Kier molecular flexibility index (Phi) is 13.1. The molecule has 4 aromatic heterocycles. The molecule has 0 radical (unpaired) electrons. The Balaban J connectivity index is 0.608. The van der Waals surface area contributed by atoms with Crippen molar-refractivity contribution in [3.8, 4) is 57.7 Å². The molecule has 6 bridgehead atoms. The lowest BCUT2D eigenvalue weighted by atomic mass is 9.73. The summed E-state index contributed by atoms with van der Waals surface area (Å²) in [4.78, 5) is 24.1. The van der Waals surface area contributed by atoms with Crippen molar-refractivity contribution in [2.24, 2.45) is 11.8 Å². The topological polar surface area (TPSA) is 199 Å². The fourth-order valence-electron chi connectivity index (χ4n) is 15.1. The van der Waals surface area contributed by atoms with Crippen LogP contribution in [0.2, 0.25) is 0 Å². The first-order valence-corrected chi connectivity index (χ1v) is 28.7. The number of nitrogen functional groups attached to an aromatic ring is 2. The van der Waals surface area contributed by atoms with E-state index in [4.69, 9.17) is 16.2 Å². The molecule has 17 heteroatoms. The number of para-hydroxylation sites is 2. The van der Waals surface area contributed by atoms with Gasteiger partial charge in [-0.15, -0.1) is 20.4 Å². The number of aromatic hydroxyl groups is 1. The molecule has 8 aliphatic rings. The maximum atomic E-state index is 10.9. The first kappa shape index (κ1) is 49.6.